The maximum absolute atomic E-state index is 10.1. The molecule has 1 aliphatic rings. The average molecular weight is 143 g/mol. The van der Waals surface area contributed by atoms with Gasteiger partial charge in [0, 0.05) is 19.7 Å². The van der Waals surface area contributed by atoms with Gasteiger partial charge in [-0.2, -0.15) is 0 Å². The molecule has 3 nitrogen and oxygen atoms in total. The molecule has 0 spiro atoms. The fourth-order valence-electron chi connectivity index (χ4n) is 1.09. The summed E-state index contributed by atoms with van der Waals surface area (Å²) in [6.07, 6.45) is 2.00. The number of ether oxygens (including phenoxy) is 1. The van der Waals surface area contributed by atoms with Crippen molar-refractivity contribution < 1.29 is 9.53 Å². The zero-order chi connectivity index (χ0) is 7.23. The number of rotatable bonds is 2. The molecule has 1 heterocycles. The third-order valence-electron chi connectivity index (χ3n) is 1.65. The molecule has 10 heavy (non-hydrogen) atoms. The zero-order valence-corrected chi connectivity index (χ0v) is 6.08. The van der Waals surface area contributed by atoms with E-state index in [2.05, 4.69) is 4.90 Å². The van der Waals surface area contributed by atoms with Gasteiger partial charge in [-0.1, -0.05) is 0 Å². The van der Waals surface area contributed by atoms with Gasteiger partial charge >= 0.3 is 0 Å². The number of carbonyl (C=O) groups is 1. The van der Waals surface area contributed by atoms with Crippen molar-refractivity contribution in [3.05, 3.63) is 0 Å². The molecule has 0 N–H and O–H groups in total. The largest absolute Gasteiger partial charge is 0.380 e. The van der Waals surface area contributed by atoms with Gasteiger partial charge < -0.3 is 9.53 Å². The second-order valence-electron chi connectivity index (χ2n) is 2.43. The average Bonchev–Trinajstić information content (AvgIpc) is 2.17. The smallest absolute Gasteiger partial charge is 0.133 e. The zero-order valence-electron chi connectivity index (χ0n) is 6.08. The molecule has 0 aromatic carbocycles. The van der Waals surface area contributed by atoms with Crippen molar-refractivity contribution in [1.82, 2.24) is 4.90 Å². The van der Waals surface area contributed by atoms with Crippen LogP contribution in [0, 0.1) is 0 Å². The molecular formula is C7H13NO2. The van der Waals surface area contributed by atoms with Crippen molar-refractivity contribution >= 4 is 6.29 Å². The molecule has 0 bridgehead atoms. The van der Waals surface area contributed by atoms with E-state index < -0.39 is 0 Å². The summed E-state index contributed by atoms with van der Waals surface area (Å²) < 4.78 is 5.21. The van der Waals surface area contributed by atoms with Gasteiger partial charge in [-0.15, -0.1) is 0 Å². The first-order valence-corrected chi connectivity index (χ1v) is 3.67. The van der Waals surface area contributed by atoms with E-state index in [1.807, 2.05) is 0 Å². The van der Waals surface area contributed by atoms with Gasteiger partial charge in [0.15, 0.2) is 0 Å². The highest BCUT2D eigenvalue weighted by Crippen LogP contribution is 1.96. The van der Waals surface area contributed by atoms with Gasteiger partial charge in [0.2, 0.25) is 0 Å². The highest BCUT2D eigenvalue weighted by molar-refractivity contribution is 5.51. The van der Waals surface area contributed by atoms with Crippen LogP contribution in [-0.4, -0.2) is 44.0 Å². The van der Waals surface area contributed by atoms with Crippen molar-refractivity contribution in [2.45, 2.75) is 6.42 Å². The molecule has 0 aromatic heterocycles. The van der Waals surface area contributed by atoms with Crippen LogP contribution in [-0.2, 0) is 9.53 Å². The molecule has 0 saturated carbocycles. The van der Waals surface area contributed by atoms with E-state index >= 15 is 0 Å². The maximum atomic E-state index is 10.1. The van der Waals surface area contributed by atoms with Crippen LogP contribution in [0.5, 0.6) is 0 Å². The van der Waals surface area contributed by atoms with E-state index in [9.17, 15) is 4.79 Å². The van der Waals surface area contributed by atoms with Crippen LogP contribution < -0.4 is 0 Å². The minimum absolute atomic E-state index is 0.559. The van der Waals surface area contributed by atoms with E-state index in [0.717, 1.165) is 39.0 Å². The van der Waals surface area contributed by atoms with Gasteiger partial charge in [-0.3, -0.25) is 4.90 Å². The van der Waals surface area contributed by atoms with Crippen LogP contribution >= 0.6 is 0 Å². The predicted molar refractivity (Wildman–Crippen MR) is 37.9 cm³/mol. The highest BCUT2D eigenvalue weighted by atomic mass is 16.5. The van der Waals surface area contributed by atoms with E-state index in [1.165, 1.54) is 0 Å². The quantitative estimate of drug-likeness (QED) is 0.506. The molecule has 1 aliphatic heterocycles. The van der Waals surface area contributed by atoms with E-state index in [0.29, 0.717) is 6.54 Å². The van der Waals surface area contributed by atoms with Crippen LogP contribution in [0.1, 0.15) is 6.42 Å². The van der Waals surface area contributed by atoms with E-state index in [1.54, 1.807) is 0 Å². The monoisotopic (exact) mass is 143 g/mol. The van der Waals surface area contributed by atoms with Crippen LogP contribution in [0.25, 0.3) is 0 Å². The van der Waals surface area contributed by atoms with Crippen molar-refractivity contribution in [1.29, 1.82) is 0 Å². The molecule has 1 saturated heterocycles. The lowest BCUT2D eigenvalue weighted by Crippen LogP contribution is -2.28. The summed E-state index contributed by atoms with van der Waals surface area (Å²) in [5, 5.41) is 0. The Morgan fingerprint density at radius 2 is 2.30 bits per heavy atom. The summed E-state index contributed by atoms with van der Waals surface area (Å²) in [7, 11) is 0. The number of hydrogen-bond acceptors (Lipinski definition) is 3. The number of aldehydes is 1. The molecule has 0 aromatic rings. The Morgan fingerprint density at radius 1 is 1.40 bits per heavy atom. The Hall–Kier alpha value is -0.410. The van der Waals surface area contributed by atoms with E-state index in [4.69, 9.17) is 4.74 Å². The molecular weight excluding hydrogens is 130 g/mol. The Balaban J connectivity index is 2.21. The Kier molecular flexibility index (Phi) is 3.40. The summed E-state index contributed by atoms with van der Waals surface area (Å²) >= 11 is 0. The molecule has 0 radical (unpaired) electrons. The predicted octanol–water partition coefficient (Wildman–Crippen LogP) is -0.0924. The van der Waals surface area contributed by atoms with Crippen molar-refractivity contribution in [3.63, 3.8) is 0 Å². The summed E-state index contributed by atoms with van der Waals surface area (Å²) in [5.74, 6) is 0. The normalized spacial score (nSPS) is 22.0. The number of nitrogens with zero attached hydrogens (tertiary/aromatic N) is 1. The Bertz CT molecular complexity index is 97.8. The highest BCUT2D eigenvalue weighted by Gasteiger charge is 2.06. The lowest BCUT2D eigenvalue weighted by molar-refractivity contribution is -0.108. The van der Waals surface area contributed by atoms with Crippen molar-refractivity contribution in [2.24, 2.45) is 0 Å². The SMILES string of the molecule is O=CCN1CCCOCC1. The molecule has 0 amide bonds. The molecule has 1 fully saturated rings. The fraction of sp³-hybridized carbons (Fsp3) is 0.857. The lowest BCUT2D eigenvalue weighted by atomic mass is 10.4. The Morgan fingerprint density at radius 3 is 3.10 bits per heavy atom. The Labute approximate surface area is 61.0 Å². The summed E-state index contributed by atoms with van der Waals surface area (Å²) in [6, 6.07) is 0. The van der Waals surface area contributed by atoms with Crippen molar-refractivity contribution in [2.75, 3.05) is 32.8 Å². The van der Waals surface area contributed by atoms with Gasteiger partial charge in [0.05, 0.1) is 13.2 Å². The topological polar surface area (TPSA) is 29.5 Å². The summed E-state index contributed by atoms with van der Waals surface area (Å²) in [4.78, 5) is 12.2. The van der Waals surface area contributed by atoms with Crippen molar-refractivity contribution in [3.8, 4) is 0 Å². The summed E-state index contributed by atoms with van der Waals surface area (Å²) in [5.41, 5.74) is 0. The third kappa shape index (κ3) is 2.45. The summed E-state index contributed by atoms with van der Waals surface area (Å²) in [6.45, 7) is 4.07. The molecule has 0 unspecified atom stereocenters. The van der Waals surface area contributed by atoms with Gasteiger partial charge in [-0.05, 0) is 6.42 Å². The fourth-order valence-corrected chi connectivity index (χ4v) is 1.09. The van der Waals surface area contributed by atoms with Gasteiger partial charge in [0.25, 0.3) is 0 Å². The molecule has 1 rings (SSSR count). The minimum Gasteiger partial charge on any atom is -0.380 e. The first-order valence-electron chi connectivity index (χ1n) is 3.67. The molecule has 0 aliphatic carbocycles. The molecule has 58 valence electrons. The second-order valence-corrected chi connectivity index (χ2v) is 2.43. The standard InChI is InChI=1S/C7H13NO2/c9-5-3-8-2-1-6-10-7-4-8/h5H,1-4,6-7H2. The van der Waals surface area contributed by atoms with Crippen LogP contribution in [0.4, 0.5) is 0 Å². The molecule has 3 heteroatoms. The van der Waals surface area contributed by atoms with E-state index in [-0.39, 0.29) is 0 Å². The number of hydrogen-bond donors (Lipinski definition) is 0. The first kappa shape index (κ1) is 7.69. The third-order valence-corrected chi connectivity index (χ3v) is 1.65. The van der Waals surface area contributed by atoms with Gasteiger partial charge in [-0.25, -0.2) is 0 Å². The first-order chi connectivity index (χ1) is 4.93. The second kappa shape index (κ2) is 4.41. The molecule has 0 atom stereocenters. The van der Waals surface area contributed by atoms with Gasteiger partial charge in [0.1, 0.15) is 6.29 Å². The minimum atomic E-state index is 0.559. The van der Waals surface area contributed by atoms with Crippen LogP contribution in [0.2, 0.25) is 0 Å². The van der Waals surface area contributed by atoms with Crippen LogP contribution in [0.15, 0.2) is 0 Å². The maximum Gasteiger partial charge on any atom is 0.133 e. The van der Waals surface area contributed by atoms with Crippen LogP contribution in [0.3, 0.4) is 0 Å². The lowest BCUT2D eigenvalue weighted by Gasteiger charge is -2.14. The number of carbonyl (C=O) groups excluding carboxylic acids is 1.